The number of hydrogen-bond donors (Lipinski definition) is 1. The first-order chi connectivity index (χ1) is 9.84. The Morgan fingerprint density at radius 2 is 2.05 bits per heavy atom. The lowest BCUT2D eigenvalue weighted by molar-refractivity contribution is 1.15. The highest BCUT2D eigenvalue weighted by molar-refractivity contribution is 7.99. The first-order valence-electron chi connectivity index (χ1n) is 6.45. The molecule has 1 aromatic carbocycles. The van der Waals surface area contributed by atoms with Gasteiger partial charge in [-0.05, 0) is 30.0 Å². The molecular weight excluding hydrogens is 286 g/mol. The van der Waals surface area contributed by atoms with Crippen LogP contribution in [0.25, 0.3) is 10.2 Å². The van der Waals surface area contributed by atoms with Crippen LogP contribution in [0.1, 0.15) is 5.56 Å². The third kappa shape index (κ3) is 2.94. The maximum atomic E-state index is 4.34. The van der Waals surface area contributed by atoms with Crippen molar-refractivity contribution < 1.29 is 0 Å². The van der Waals surface area contributed by atoms with E-state index in [4.69, 9.17) is 0 Å². The maximum Gasteiger partial charge on any atom is 0.147 e. The van der Waals surface area contributed by atoms with Gasteiger partial charge < -0.3 is 5.32 Å². The molecule has 1 N–H and O–H groups in total. The quantitative estimate of drug-likeness (QED) is 0.566. The molecule has 0 spiro atoms. The van der Waals surface area contributed by atoms with Gasteiger partial charge >= 0.3 is 0 Å². The minimum atomic E-state index is 0.891. The van der Waals surface area contributed by atoms with Crippen molar-refractivity contribution in [2.45, 2.75) is 11.8 Å². The lowest BCUT2D eigenvalue weighted by Crippen LogP contribution is -2.05. The molecule has 0 atom stereocenters. The number of fused-ring (bicyclic) bond motifs is 1. The number of rotatable bonds is 5. The van der Waals surface area contributed by atoms with Crippen LogP contribution in [0.5, 0.6) is 0 Å². The summed E-state index contributed by atoms with van der Waals surface area (Å²) in [7, 11) is 0. The van der Waals surface area contributed by atoms with E-state index in [9.17, 15) is 0 Å². The highest BCUT2D eigenvalue weighted by atomic mass is 32.2. The fraction of sp³-hybridized carbons (Fsp3) is 0.200. The Labute approximate surface area is 126 Å². The molecule has 0 radical (unpaired) electrons. The molecule has 0 amide bonds. The number of thiophene rings is 1. The van der Waals surface area contributed by atoms with E-state index >= 15 is 0 Å². The second-order valence-electron chi connectivity index (χ2n) is 4.41. The van der Waals surface area contributed by atoms with Crippen molar-refractivity contribution in [3.05, 3.63) is 47.6 Å². The molecule has 0 saturated carbocycles. The Morgan fingerprint density at radius 1 is 1.20 bits per heavy atom. The summed E-state index contributed by atoms with van der Waals surface area (Å²) in [6.45, 7) is 2.98. The average Bonchev–Trinajstić information content (AvgIpc) is 2.87. The van der Waals surface area contributed by atoms with Crippen LogP contribution in [0, 0.1) is 6.92 Å². The Morgan fingerprint density at radius 3 is 2.90 bits per heavy atom. The molecule has 102 valence electrons. The minimum absolute atomic E-state index is 0.891. The van der Waals surface area contributed by atoms with Crippen molar-refractivity contribution in [3.8, 4) is 0 Å². The minimum Gasteiger partial charge on any atom is -0.368 e. The van der Waals surface area contributed by atoms with Gasteiger partial charge in [0.05, 0.1) is 10.2 Å². The van der Waals surface area contributed by atoms with E-state index in [1.807, 2.05) is 17.8 Å². The van der Waals surface area contributed by atoms with Gasteiger partial charge in [-0.25, -0.2) is 9.97 Å². The van der Waals surface area contributed by atoms with Crippen LogP contribution in [-0.4, -0.2) is 22.3 Å². The van der Waals surface area contributed by atoms with Crippen LogP contribution >= 0.6 is 23.1 Å². The molecule has 20 heavy (non-hydrogen) atoms. The SMILES string of the molecule is Cc1csc2c(NCCSc3ccccc3)ncnc12. The molecule has 2 heterocycles. The standard InChI is InChI=1S/C15H15N3S2/c1-11-9-20-14-13(11)17-10-18-15(14)16-7-8-19-12-5-3-2-4-6-12/h2-6,9-10H,7-8H2,1H3,(H,16,17,18). The number of thioether (sulfide) groups is 1. The number of benzene rings is 1. The van der Waals surface area contributed by atoms with Gasteiger partial charge in [-0.2, -0.15) is 0 Å². The van der Waals surface area contributed by atoms with Gasteiger partial charge in [0.25, 0.3) is 0 Å². The molecule has 0 fully saturated rings. The topological polar surface area (TPSA) is 37.8 Å². The molecule has 0 aliphatic heterocycles. The fourth-order valence-corrected chi connectivity index (χ4v) is 3.71. The van der Waals surface area contributed by atoms with Crippen LogP contribution in [0.2, 0.25) is 0 Å². The fourth-order valence-electron chi connectivity index (χ4n) is 1.95. The van der Waals surface area contributed by atoms with Crippen LogP contribution in [-0.2, 0) is 0 Å². The van der Waals surface area contributed by atoms with Crippen molar-refractivity contribution in [1.82, 2.24) is 9.97 Å². The van der Waals surface area contributed by atoms with Crippen LogP contribution in [0.3, 0.4) is 0 Å². The summed E-state index contributed by atoms with van der Waals surface area (Å²) >= 11 is 3.55. The molecule has 0 aliphatic rings. The second-order valence-corrected chi connectivity index (χ2v) is 6.45. The zero-order chi connectivity index (χ0) is 13.8. The third-order valence-electron chi connectivity index (χ3n) is 2.94. The van der Waals surface area contributed by atoms with Crippen molar-refractivity contribution in [3.63, 3.8) is 0 Å². The highest BCUT2D eigenvalue weighted by Crippen LogP contribution is 2.28. The van der Waals surface area contributed by atoms with Gasteiger partial charge in [0.1, 0.15) is 12.1 Å². The number of aryl methyl sites for hydroxylation is 1. The Bertz CT molecular complexity index is 695. The highest BCUT2D eigenvalue weighted by Gasteiger charge is 2.07. The molecule has 0 aliphatic carbocycles. The summed E-state index contributed by atoms with van der Waals surface area (Å²) in [6, 6.07) is 10.4. The molecule has 3 rings (SSSR count). The first-order valence-corrected chi connectivity index (χ1v) is 8.31. The summed E-state index contributed by atoms with van der Waals surface area (Å²) in [5.41, 5.74) is 2.28. The normalized spacial score (nSPS) is 10.8. The molecule has 2 aromatic heterocycles. The summed E-state index contributed by atoms with van der Waals surface area (Å²) in [4.78, 5) is 9.98. The maximum absolute atomic E-state index is 4.34. The van der Waals surface area contributed by atoms with Gasteiger partial charge in [-0.3, -0.25) is 0 Å². The van der Waals surface area contributed by atoms with E-state index in [1.54, 1.807) is 17.7 Å². The molecule has 0 saturated heterocycles. The zero-order valence-electron chi connectivity index (χ0n) is 11.2. The predicted molar refractivity (Wildman–Crippen MR) is 87.8 cm³/mol. The number of nitrogens with zero attached hydrogens (tertiary/aromatic N) is 2. The lowest BCUT2D eigenvalue weighted by atomic mass is 10.3. The number of hydrogen-bond acceptors (Lipinski definition) is 5. The number of nitrogens with one attached hydrogen (secondary N) is 1. The monoisotopic (exact) mass is 301 g/mol. The molecule has 3 nitrogen and oxygen atoms in total. The Balaban J connectivity index is 1.60. The van der Waals surface area contributed by atoms with Crippen molar-refractivity contribution in [1.29, 1.82) is 0 Å². The third-order valence-corrected chi connectivity index (χ3v) is 5.04. The van der Waals surface area contributed by atoms with Crippen molar-refractivity contribution >= 4 is 39.1 Å². The van der Waals surface area contributed by atoms with Gasteiger partial charge in [-0.1, -0.05) is 18.2 Å². The molecule has 5 heteroatoms. The van der Waals surface area contributed by atoms with E-state index in [1.165, 1.54) is 10.5 Å². The molecular formula is C15H15N3S2. The van der Waals surface area contributed by atoms with Gasteiger partial charge in [0, 0.05) is 17.2 Å². The number of aromatic nitrogens is 2. The number of anilines is 1. The van der Waals surface area contributed by atoms with Crippen LogP contribution < -0.4 is 5.32 Å². The molecule has 3 aromatic rings. The summed E-state index contributed by atoms with van der Waals surface area (Å²) in [5.74, 6) is 1.96. The summed E-state index contributed by atoms with van der Waals surface area (Å²) < 4.78 is 1.15. The van der Waals surface area contributed by atoms with Crippen molar-refractivity contribution in [2.24, 2.45) is 0 Å². The van der Waals surface area contributed by atoms with Gasteiger partial charge in [-0.15, -0.1) is 23.1 Å². The van der Waals surface area contributed by atoms with Crippen molar-refractivity contribution in [2.75, 3.05) is 17.6 Å². The van der Waals surface area contributed by atoms with Crippen LogP contribution in [0.4, 0.5) is 5.82 Å². The Hall–Kier alpha value is -1.59. The second kappa shape index (κ2) is 6.24. The largest absolute Gasteiger partial charge is 0.368 e. The smallest absolute Gasteiger partial charge is 0.147 e. The van der Waals surface area contributed by atoms with E-state index < -0.39 is 0 Å². The van der Waals surface area contributed by atoms with Gasteiger partial charge in [0.2, 0.25) is 0 Å². The molecule has 0 bridgehead atoms. The van der Waals surface area contributed by atoms with E-state index in [0.29, 0.717) is 0 Å². The van der Waals surface area contributed by atoms with E-state index in [-0.39, 0.29) is 0 Å². The summed E-state index contributed by atoms with van der Waals surface area (Å²) in [5, 5.41) is 5.54. The van der Waals surface area contributed by atoms with E-state index in [2.05, 4.69) is 51.9 Å². The lowest BCUT2D eigenvalue weighted by Gasteiger charge is -2.06. The van der Waals surface area contributed by atoms with Crippen LogP contribution in [0.15, 0.2) is 46.9 Å². The Kier molecular flexibility index (Phi) is 4.18. The molecule has 0 unspecified atom stereocenters. The van der Waals surface area contributed by atoms with Gasteiger partial charge in [0.15, 0.2) is 0 Å². The first kappa shape index (κ1) is 13.4. The predicted octanol–water partition coefficient (Wildman–Crippen LogP) is 4.20. The van der Waals surface area contributed by atoms with E-state index in [0.717, 1.165) is 28.3 Å². The zero-order valence-corrected chi connectivity index (χ0v) is 12.8. The average molecular weight is 301 g/mol. The summed E-state index contributed by atoms with van der Waals surface area (Å²) in [6.07, 6.45) is 1.63.